The molecule has 0 atom stereocenters. The molecular formula is C26H26Cl2N10O4. The zero-order valence-corrected chi connectivity index (χ0v) is 23.8. The molecule has 14 nitrogen and oxygen atoms in total. The van der Waals surface area contributed by atoms with Crippen LogP contribution in [-0.2, 0) is 26.2 Å². The summed E-state index contributed by atoms with van der Waals surface area (Å²) >= 11 is 11.8. The number of nitrogens with zero attached hydrogens (tertiary/aromatic N) is 10. The second-order valence-corrected chi connectivity index (χ2v) is 10.5. The summed E-state index contributed by atoms with van der Waals surface area (Å²) in [5, 5.41) is 29.3. The van der Waals surface area contributed by atoms with Crippen molar-refractivity contribution in [3.63, 3.8) is 0 Å². The monoisotopic (exact) mass is 612 g/mol. The van der Waals surface area contributed by atoms with Gasteiger partial charge in [-0.1, -0.05) is 59.6 Å². The van der Waals surface area contributed by atoms with Gasteiger partial charge >= 0.3 is 0 Å². The standard InChI is InChI=1S/C26H26Cl2N10O4/c27-23-7-5-21(13-29-23)17-35-11-9-33(25(35)31-37(39)40)15-19-1-2-20(4-3-19)16-34-10-12-36(26(34)32-38(41)42)18-22-6-8-24(28)30-14-22/h1-8,13-14H,9-12,15-18H2/b31-25+,32-26+. The molecule has 42 heavy (non-hydrogen) atoms. The summed E-state index contributed by atoms with van der Waals surface area (Å²) in [6.45, 7) is 3.99. The van der Waals surface area contributed by atoms with Gasteiger partial charge in [0.05, 0.1) is 0 Å². The number of nitro groups is 2. The van der Waals surface area contributed by atoms with Gasteiger partial charge in [0.25, 0.3) is 11.9 Å². The van der Waals surface area contributed by atoms with Crippen LogP contribution in [0.25, 0.3) is 0 Å². The van der Waals surface area contributed by atoms with Gasteiger partial charge < -0.3 is 19.6 Å². The first-order valence-corrected chi connectivity index (χ1v) is 13.7. The van der Waals surface area contributed by atoms with Crippen LogP contribution in [0.3, 0.4) is 0 Å². The predicted octanol–water partition coefficient (Wildman–Crippen LogP) is 3.51. The Hall–Kier alpha value is -4.56. The molecule has 0 unspecified atom stereocenters. The van der Waals surface area contributed by atoms with Crippen molar-refractivity contribution in [2.24, 2.45) is 10.2 Å². The largest absolute Gasteiger partial charge is 0.331 e. The number of halogens is 2. The quantitative estimate of drug-likeness (QED) is 0.189. The third-order valence-corrected chi connectivity index (χ3v) is 7.29. The topological polar surface area (TPSA) is 150 Å². The minimum Gasteiger partial charge on any atom is -0.331 e. The first-order chi connectivity index (χ1) is 20.2. The molecule has 218 valence electrons. The van der Waals surface area contributed by atoms with Crippen molar-refractivity contribution in [3.05, 3.63) is 114 Å². The molecule has 0 amide bonds. The van der Waals surface area contributed by atoms with Gasteiger partial charge in [0.2, 0.25) is 0 Å². The minimum atomic E-state index is -0.684. The van der Waals surface area contributed by atoms with Crippen LogP contribution < -0.4 is 0 Å². The van der Waals surface area contributed by atoms with E-state index in [0.29, 0.717) is 62.7 Å². The van der Waals surface area contributed by atoms with Gasteiger partial charge in [-0.25, -0.2) is 30.2 Å². The van der Waals surface area contributed by atoms with E-state index in [9.17, 15) is 20.2 Å². The molecule has 4 heterocycles. The molecule has 3 aromatic rings. The maximum Gasteiger partial charge on any atom is 0.274 e. The Balaban J connectivity index is 1.23. The number of pyridine rings is 2. The Morgan fingerprint density at radius 2 is 0.905 bits per heavy atom. The van der Waals surface area contributed by atoms with Crippen molar-refractivity contribution in [2.75, 3.05) is 26.2 Å². The lowest BCUT2D eigenvalue weighted by molar-refractivity contribution is -0.486. The molecule has 1 aromatic carbocycles. The molecule has 2 aliphatic rings. The van der Waals surface area contributed by atoms with E-state index >= 15 is 0 Å². The lowest BCUT2D eigenvalue weighted by Gasteiger charge is -2.22. The number of hydrogen-bond acceptors (Lipinski definition) is 6. The Morgan fingerprint density at radius 3 is 1.19 bits per heavy atom. The van der Waals surface area contributed by atoms with E-state index < -0.39 is 10.1 Å². The number of hydrazone groups is 2. The first-order valence-electron chi connectivity index (χ1n) is 13.0. The molecule has 0 N–H and O–H groups in total. The summed E-state index contributed by atoms with van der Waals surface area (Å²) in [5.41, 5.74) is 3.63. The Bertz CT molecular complexity index is 1370. The van der Waals surface area contributed by atoms with Crippen molar-refractivity contribution in [1.82, 2.24) is 29.6 Å². The lowest BCUT2D eigenvalue weighted by Crippen LogP contribution is -2.34. The molecule has 16 heteroatoms. The second kappa shape index (κ2) is 13.0. The van der Waals surface area contributed by atoms with Gasteiger partial charge in [0.15, 0.2) is 10.1 Å². The number of hydrogen-bond donors (Lipinski definition) is 0. The highest BCUT2D eigenvalue weighted by molar-refractivity contribution is 6.29. The molecule has 5 rings (SSSR count). The van der Waals surface area contributed by atoms with Crippen LogP contribution in [0.1, 0.15) is 22.3 Å². The SMILES string of the molecule is O=[N+]([O-])/N=C1\N(Cc2ccc(CN3CCN(Cc4ccc(Cl)nc4)/C3=N/[N+](=O)[O-])cc2)CCN1Cc1ccc(Cl)nc1. The van der Waals surface area contributed by atoms with Crippen molar-refractivity contribution in [3.8, 4) is 0 Å². The highest BCUT2D eigenvalue weighted by atomic mass is 35.5. The Morgan fingerprint density at radius 1 is 0.595 bits per heavy atom. The van der Waals surface area contributed by atoms with Gasteiger partial charge in [0.1, 0.15) is 20.5 Å². The van der Waals surface area contributed by atoms with Gasteiger partial charge in [-0.05, 0) is 34.4 Å². The summed E-state index contributed by atoms with van der Waals surface area (Å²) < 4.78 is 0. The zero-order valence-electron chi connectivity index (χ0n) is 22.3. The van der Waals surface area contributed by atoms with E-state index in [1.54, 1.807) is 24.5 Å². The van der Waals surface area contributed by atoms with Crippen molar-refractivity contribution >= 4 is 35.1 Å². The number of benzene rings is 1. The fourth-order valence-electron chi connectivity index (χ4n) is 4.91. The fourth-order valence-corrected chi connectivity index (χ4v) is 5.14. The third-order valence-electron chi connectivity index (χ3n) is 6.85. The van der Waals surface area contributed by atoms with E-state index in [0.717, 1.165) is 22.3 Å². The summed E-state index contributed by atoms with van der Waals surface area (Å²) in [6.07, 6.45) is 3.29. The van der Waals surface area contributed by atoms with E-state index in [1.165, 1.54) is 0 Å². The molecule has 2 fully saturated rings. The molecular weight excluding hydrogens is 587 g/mol. The van der Waals surface area contributed by atoms with Crippen LogP contribution in [0.2, 0.25) is 10.3 Å². The van der Waals surface area contributed by atoms with Crippen LogP contribution in [0.15, 0.2) is 71.1 Å². The van der Waals surface area contributed by atoms with E-state index in [2.05, 4.69) is 20.2 Å². The molecule has 0 aliphatic carbocycles. The third kappa shape index (κ3) is 7.39. The highest BCUT2D eigenvalue weighted by Gasteiger charge is 2.31. The summed E-state index contributed by atoms with van der Waals surface area (Å²) in [7, 11) is 0. The average molecular weight is 613 g/mol. The number of guanidine groups is 2. The normalized spacial score (nSPS) is 17.1. The van der Waals surface area contributed by atoms with Gasteiger partial charge in [-0.2, -0.15) is 0 Å². The molecule has 0 saturated carbocycles. The van der Waals surface area contributed by atoms with Crippen LogP contribution in [-0.4, -0.2) is 77.7 Å². The minimum absolute atomic E-state index is 0.285. The average Bonchev–Trinajstić information content (AvgIpc) is 3.50. The van der Waals surface area contributed by atoms with Gasteiger partial charge in [-0.3, -0.25) is 0 Å². The lowest BCUT2D eigenvalue weighted by atomic mass is 10.1. The van der Waals surface area contributed by atoms with Crippen molar-refractivity contribution < 1.29 is 10.1 Å². The van der Waals surface area contributed by atoms with Crippen LogP contribution in [0.4, 0.5) is 0 Å². The summed E-state index contributed by atoms with van der Waals surface area (Å²) in [4.78, 5) is 38.2. The smallest absolute Gasteiger partial charge is 0.274 e. The van der Waals surface area contributed by atoms with E-state index in [-0.39, 0.29) is 11.9 Å². The van der Waals surface area contributed by atoms with Crippen molar-refractivity contribution in [1.29, 1.82) is 0 Å². The Labute approximate surface area is 250 Å². The van der Waals surface area contributed by atoms with E-state index in [4.69, 9.17) is 23.2 Å². The van der Waals surface area contributed by atoms with E-state index in [1.807, 2.05) is 56.0 Å². The van der Waals surface area contributed by atoms with Gasteiger partial charge in [-0.15, -0.1) is 0 Å². The van der Waals surface area contributed by atoms with Crippen LogP contribution >= 0.6 is 23.2 Å². The van der Waals surface area contributed by atoms with Crippen molar-refractivity contribution in [2.45, 2.75) is 26.2 Å². The number of aromatic nitrogens is 2. The second-order valence-electron chi connectivity index (χ2n) is 9.76. The van der Waals surface area contributed by atoms with Crippen LogP contribution in [0.5, 0.6) is 0 Å². The highest BCUT2D eigenvalue weighted by Crippen LogP contribution is 2.20. The zero-order chi connectivity index (χ0) is 29.6. The van der Waals surface area contributed by atoms with Crippen LogP contribution in [0, 0.1) is 20.2 Å². The molecule has 2 aromatic heterocycles. The summed E-state index contributed by atoms with van der Waals surface area (Å²) in [6, 6.07) is 14.8. The fraction of sp³-hybridized carbons (Fsp3) is 0.308. The predicted molar refractivity (Wildman–Crippen MR) is 155 cm³/mol. The maximum atomic E-state index is 11.3. The molecule has 0 radical (unpaired) electrons. The molecule has 2 aliphatic heterocycles. The first kappa shape index (κ1) is 29.0. The summed E-state index contributed by atoms with van der Waals surface area (Å²) in [5.74, 6) is 0.570. The van der Waals surface area contributed by atoms with Gasteiger partial charge in [0, 0.05) is 64.8 Å². The Kier molecular flexibility index (Phi) is 8.93. The molecule has 0 spiro atoms. The number of rotatable bonds is 10. The molecule has 0 bridgehead atoms. The molecule has 2 saturated heterocycles. The maximum absolute atomic E-state index is 11.3.